The summed E-state index contributed by atoms with van der Waals surface area (Å²) in [6.07, 6.45) is 11.7. The number of aromatic hydroxyl groups is 1. The van der Waals surface area contributed by atoms with Gasteiger partial charge in [0.05, 0.1) is 16.5 Å². The van der Waals surface area contributed by atoms with Crippen LogP contribution in [-0.4, -0.2) is 87.9 Å². The van der Waals surface area contributed by atoms with E-state index in [9.17, 15) is 14.3 Å². The molecule has 0 aliphatic carbocycles. The normalized spacial score (nSPS) is 25.1. The molecule has 2 bridgehead atoms. The van der Waals surface area contributed by atoms with Crippen LogP contribution in [0.2, 0.25) is 0 Å². The molecule has 4 atom stereocenters. The van der Waals surface area contributed by atoms with Crippen molar-refractivity contribution in [2.24, 2.45) is 0 Å². The number of nitrogens with one attached hydrogen (secondary N) is 1. The van der Waals surface area contributed by atoms with Crippen LogP contribution >= 0.6 is 0 Å². The molecule has 6 heterocycles. The summed E-state index contributed by atoms with van der Waals surface area (Å²) < 4.78 is 43.3. The molecule has 2 N–H and O–H groups in total. The fraction of sp³-hybridized carbons (Fsp3) is 0.389. The number of hydrogen-bond donors (Lipinski definition) is 2. The molecular weight excluding hydrogens is 618 g/mol. The Bertz CT molecular complexity index is 2020. The van der Waals surface area contributed by atoms with Crippen LogP contribution in [0.5, 0.6) is 11.8 Å². The third-order valence-electron chi connectivity index (χ3n) is 10.4. The molecular formula is C36H34F2N6O4. The summed E-state index contributed by atoms with van der Waals surface area (Å²) in [4.78, 5) is 29.3. The average molecular weight is 653 g/mol. The van der Waals surface area contributed by atoms with Crippen molar-refractivity contribution in [1.82, 2.24) is 25.2 Å². The maximum absolute atomic E-state index is 16.9. The van der Waals surface area contributed by atoms with Crippen LogP contribution in [0.25, 0.3) is 32.9 Å². The molecule has 4 fully saturated rings. The van der Waals surface area contributed by atoms with Crippen molar-refractivity contribution in [2.45, 2.75) is 55.8 Å². The molecule has 2 aromatic carbocycles. The van der Waals surface area contributed by atoms with Crippen LogP contribution in [0, 0.1) is 24.0 Å². The molecule has 0 amide bonds. The highest BCUT2D eigenvalue weighted by Gasteiger charge is 2.51. The third kappa shape index (κ3) is 5.00. The lowest BCUT2D eigenvalue weighted by molar-refractivity contribution is -0.130. The number of aromatic nitrogens is 3. The summed E-state index contributed by atoms with van der Waals surface area (Å²) in [5.74, 6) is 1.35. The molecule has 10 nitrogen and oxygen atoms in total. The van der Waals surface area contributed by atoms with Crippen LogP contribution in [0.1, 0.15) is 37.7 Å². The number of phenolic OH excluding ortho intramolecular Hbond substituents is 1. The first-order valence-electron chi connectivity index (χ1n) is 16.2. The van der Waals surface area contributed by atoms with Gasteiger partial charge in [0, 0.05) is 54.9 Å². The van der Waals surface area contributed by atoms with Crippen molar-refractivity contribution in [2.75, 3.05) is 37.7 Å². The number of hydrogen-bond acceptors (Lipinski definition) is 10. The fourth-order valence-corrected chi connectivity index (χ4v) is 8.34. The Hall–Kier alpha value is -4.86. The number of carbonyl (C=O) groups excluding carboxylic acids is 1. The highest BCUT2D eigenvalue weighted by molar-refractivity contribution is 6.03. The third-order valence-corrected chi connectivity index (χ3v) is 10.4. The molecule has 8 rings (SSSR count). The summed E-state index contributed by atoms with van der Waals surface area (Å²) in [7, 11) is 0. The van der Waals surface area contributed by atoms with E-state index < -0.39 is 11.6 Å². The van der Waals surface area contributed by atoms with E-state index in [1.54, 1.807) is 0 Å². The summed E-state index contributed by atoms with van der Waals surface area (Å²) in [6.45, 7) is 7.26. The zero-order chi connectivity index (χ0) is 33.2. The quantitative estimate of drug-likeness (QED) is 0.161. The second-order valence-electron chi connectivity index (χ2n) is 13.4. The lowest BCUT2D eigenvalue weighted by atomic mass is 9.94. The lowest BCUT2D eigenvalue weighted by Crippen LogP contribution is -2.51. The second-order valence-corrected chi connectivity index (χ2v) is 13.4. The standard InChI is InChI=1S/C36H34F2N6O4/c1-3-26-29(37)7-4-21-10-25(46)11-27(30(21)26)32-31(38)33-28(13-39-32)34(43-15-22-5-6-23(16-43)40-22)42-35(41-33)48-18-36-9-8-24(17-47-19-45)44(36)14-20(2)12-36/h1,4,7,10-11,13,19,22-24,40,46H,2,5-6,8-9,12,14-18H2. The number of carbonyl (C=O) groups is 1. The first kappa shape index (κ1) is 30.5. The predicted molar refractivity (Wildman–Crippen MR) is 176 cm³/mol. The molecule has 2 aromatic heterocycles. The summed E-state index contributed by atoms with van der Waals surface area (Å²) in [5.41, 5.74) is 0.644. The Morgan fingerprint density at radius 3 is 2.77 bits per heavy atom. The fourth-order valence-electron chi connectivity index (χ4n) is 8.34. The van der Waals surface area contributed by atoms with Crippen LogP contribution in [0.4, 0.5) is 14.6 Å². The van der Waals surface area contributed by atoms with Gasteiger partial charge in [-0.1, -0.05) is 24.1 Å². The Labute approximate surface area is 275 Å². The molecule has 0 spiro atoms. The highest BCUT2D eigenvalue weighted by Crippen LogP contribution is 2.45. The minimum absolute atomic E-state index is 0.00472. The van der Waals surface area contributed by atoms with Gasteiger partial charge in [0.25, 0.3) is 6.47 Å². The van der Waals surface area contributed by atoms with Crippen molar-refractivity contribution >= 4 is 34.0 Å². The van der Waals surface area contributed by atoms with E-state index in [1.165, 1.54) is 30.5 Å². The number of benzene rings is 2. The topological polar surface area (TPSA) is 113 Å². The van der Waals surface area contributed by atoms with Crippen LogP contribution in [0.15, 0.2) is 42.6 Å². The first-order valence-corrected chi connectivity index (χ1v) is 16.2. The number of rotatable bonds is 8. The molecule has 4 aromatic rings. The Morgan fingerprint density at radius 2 is 2.00 bits per heavy atom. The van der Waals surface area contributed by atoms with Gasteiger partial charge in [0.2, 0.25) is 0 Å². The largest absolute Gasteiger partial charge is 0.508 e. The van der Waals surface area contributed by atoms with Crippen molar-refractivity contribution in [1.29, 1.82) is 0 Å². The van der Waals surface area contributed by atoms with E-state index in [2.05, 4.69) is 37.6 Å². The minimum atomic E-state index is -0.765. The van der Waals surface area contributed by atoms with Crippen LogP contribution in [0.3, 0.4) is 0 Å². The number of nitrogens with zero attached hydrogens (tertiary/aromatic N) is 5. The van der Waals surface area contributed by atoms with E-state index in [-0.39, 0.29) is 76.4 Å². The van der Waals surface area contributed by atoms with Gasteiger partial charge in [0.1, 0.15) is 41.8 Å². The lowest BCUT2D eigenvalue weighted by Gasteiger charge is -2.35. The highest BCUT2D eigenvalue weighted by atomic mass is 19.1. The maximum atomic E-state index is 16.9. The van der Waals surface area contributed by atoms with Gasteiger partial charge in [-0.25, -0.2) is 8.78 Å². The van der Waals surface area contributed by atoms with Gasteiger partial charge >= 0.3 is 6.01 Å². The monoisotopic (exact) mass is 652 g/mol. The molecule has 0 radical (unpaired) electrons. The average Bonchev–Trinajstić information content (AvgIpc) is 3.71. The van der Waals surface area contributed by atoms with Gasteiger partial charge in [-0.3, -0.25) is 14.7 Å². The Kier molecular flexibility index (Phi) is 7.42. The van der Waals surface area contributed by atoms with E-state index in [4.69, 9.17) is 20.9 Å². The van der Waals surface area contributed by atoms with Crippen molar-refractivity contribution in [3.8, 4) is 35.4 Å². The molecule has 12 heteroatoms. The van der Waals surface area contributed by atoms with Gasteiger partial charge in [-0.05, 0) is 55.7 Å². The molecule has 4 unspecified atom stereocenters. The molecule has 4 aliphatic heterocycles. The van der Waals surface area contributed by atoms with E-state index in [0.717, 1.165) is 31.3 Å². The number of piperazine rings is 1. The molecule has 4 aliphatic rings. The van der Waals surface area contributed by atoms with Crippen molar-refractivity contribution in [3.05, 3.63) is 59.8 Å². The molecule has 48 heavy (non-hydrogen) atoms. The Balaban J connectivity index is 1.24. The number of anilines is 1. The summed E-state index contributed by atoms with van der Waals surface area (Å²) in [5, 5.41) is 15.3. The number of phenols is 1. The smallest absolute Gasteiger partial charge is 0.319 e. The van der Waals surface area contributed by atoms with Crippen molar-refractivity contribution < 1.29 is 28.2 Å². The van der Waals surface area contributed by atoms with E-state index in [1.807, 2.05) is 0 Å². The van der Waals surface area contributed by atoms with Gasteiger partial charge in [-0.15, -0.1) is 6.42 Å². The van der Waals surface area contributed by atoms with Crippen LogP contribution < -0.4 is 15.0 Å². The number of pyridine rings is 1. The van der Waals surface area contributed by atoms with Gasteiger partial charge < -0.3 is 24.8 Å². The molecule has 4 saturated heterocycles. The van der Waals surface area contributed by atoms with Gasteiger partial charge in [-0.2, -0.15) is 9.97 Å². The van der Waals surface area contributed by atoms with E-state index >= 15 is 4.39 Å². The van der Waals surface area contributed by atoms with Gasteiger partial charge in [0.15, 0.2) is 5.82 Å². The molecule has 246 valence electrons. The number of fused-ring (bicyclic) bond motifs is 5. The second kappa shape index (κ2) is 11.7. The zero-order valence-electron chi connectivity index (χ0n) is 26.2. The SMILES string of the molecule is C#Cc1c(F)ccc2cc(O)cc(-c3ncc4c(N5CC6CCC(C5)N6)nc(OCC56CCC(COC=O)N5CC(=C)C6)nc4c3F)c12. The zero-order valence-corrected chi connectivity index (χ0v) is 26.2. The van der Waals surface area contributed by atoms with Crippen LogP contribution in [-0.2, 0) is 9.53 Å². The number of terminal acetylenes is 1. The predicted octanol–water partition coefficient (Wildman–Crippen LogP) is 4.47. The van der Waals surface area contributed by atoms with E-state index in [0.29, 0.717) is 49.1 Å². The summed E-state index contributed by atoms with van der Waals surface area (Å²) in [6, 6.07) is 6.12. The van der Waals surface area contributed by atoms with Crippen molar-refractivity contribution in [3.63, 3.8) is 0 Å². The number of halogens is 2. The minimum Gasteiger partial charge on any atom is -0.508 e. The number of ether oxygens (including phenoxy) is 2. The first-order chi connectivity index (χ1) is 23.3. The molecule has 0 saturated carbocycles. The summed E-state index contributed by atoms with van der Waals surface area (Å²) >= 11 is 0. The Morgan fingerprint density at radius 1 is 1.19 bits per heavy atom. The maximum Gasteiger partial charge on any atom is 0.319 e.